The fourth-order valence-corrected chi connectivity index (χ4v) is 1.94. The first-order chi connectivity index (χ1) is 10.4. The summed E-state index contributed by atoms with van der Waals surface area (Å²) in [4.78, 5) is 4.02. The summed E-state index contributed by atoms with van der Waals surface area (Å²) < 4.78 is 46.6. The first kappa shape index (κ1) is 15.6. The van der Waals surface area contributed by atoms with E-state index in [1.54, 1.807) is 12.1 Å². The average molecular weight is 308 g/mol. The van der Waals surface area contributed by atoms with Gasteiger partial charge in [-0.15, -0.1) is 13.2 Å². The number of para-hydroxylation sites is 1. The van der Waals surface area contributed by atoms with Crippen molar-refractivity contribution in [2.45, 2.75) is 12.8 Å². The molecule has 0 aliphatic rings. The molecular formula is C15H11F3N2O2. The molecule has 0 saturated carbocycles. The number of hydrogen-bond acceptors (Lipinski definition) is 4. The van der Waals surface area contributed by atoms with Crippen molar-refractivity contribution < 1.29 is 22.6 Å². The van der Waals surface area contributed by atoms with Crippen LogP contribution in [0.1, 0.15) is 5.56 Å². The van der Waals surface area contributed by atoms with Crippen molar-refractivity contribution in [1.82, 2.24) is 4.98 Å². The Bertz CT molecular complexity index is 709. The fraction of sp³-hybridized carbons (Fsp3) is 0.200. The lowest BCUT2D eigenvalue weighted by Crippen LogP contribution is -2.17. The molecule has 0 aliphatic carbocycles. The Balaban J connectivity index is 2.56. The molecule has 0 fully saturated rings. The average Bonchev–Trinajstić information content (AvgIpc) is 2.46. The van der Waals surface area contributed by atoms with Crippen molar-refractivity contribution >= 4 is 0 Å². The van der Waals surface area contributed by atoms with E-state index in [9.17, 15) is 13.2 Å². The molecule has 7 heteroatoms. The third kappa shape index (κ3) is 3.67. The van der Waals surface area contributed by atoms with Crippen LogP contribution in [-0.4, -0.2) is 18.5 Å². The van der Waals surface area contributed by atoms with Crippen LogP contribution in [-0.2, 0) is 6.42 Å². The number of aromatic nitrogens is 1. The first-order valence-corrected chi connectivity index (χ1v) is 6.19. The Labute approximate surface area is 124 Å². The lowest BCUT2D eigenvalue weighted by Gasteiger charge is -2.15. The number of nitrogens with zero attached hydrogens (tertiary/aromatic N) is 2. The summed E-state index contributed by atoms with van der Waals surface area (Å²) in [5.41, 5.74) is 1.08. The van der Waals surface area contributed by atoms with Gasteiger partial charge in [0.1, 0.15) is 5.75 Å². The maximum atomic E-state index is 12.5. The monoisotopic (exact) mass is 308 g/mol. The van der Waals surface area contributed by atoms with Crippen molar-refractivity contribution in [3.05, 3.63) is 42.1 Å². The maximum absolute atomic E-state index is 12.5. The molecule has 0 bridgehead atoms. The molecule has 0 saturated heterocycles. The molecule has 0 amide bonds. The number of nitriles is 1. The van der Waals surface area contributed by atoms with Gasteiger partial charge >= 0.3 is 6.36 Å². The zero-order valence-electron chi connectivity index (χ0n) is 11.5. The Hall–Kier alpha value is -2.75. The lowest BCUT2D eigenvalue weighted by molar-refractivity contribution is -0.274. The molecule has 4 nitrogen and oxygen atoms in total. The predicted octanol–water partition coefficient (Wildman–Crippen LogP) is 3.72. The van der Waals surface area contributed by atoms with Crippen molar-refractivity contribution in [3.63, 3.8) is 0 Å². The van der Waals surface area contributed by atoms with Crippen LogP contribution >= 0.6 is 0 Å². The van der Waals surface area contributed by atoms with E-state index in [1.165, 1.54) is 31.5 Å². The number of rotatable bonds is 4. The topological polar surface area (TPSA) is 55.1 Å². The van der Waals surface area contributed by atoms with Gasteiger partial charge in [0.2, 0.25) is 5.88 Å². The van der Waals surface area contributed by atoms with Crippen LogP contribution in [0.2, 0.25) is 0 Å². The van der Waals surface area contributed by atoms with E-state index in [1.807, 2.05) is 6.07 Å². The second-order valence-electron chi connectivity index (χ2n) is 4.28. The SMILES string of the molecule is COc1ncc(CC#N)cc1-c1ccccc1OC(F)(F)F. The molecule has 1 aromatic carbocycles. The highest BCUT2D eigenvalue weighted by atomic mass is 19.4. The van der Waals surface area contributed by atoms with Gasteiger partial charge in [-0.05, 0) is 17.7 Å². The van der Waals surface area contributed by atoms with E-state index < -0.39 is 6.36 Å². The molecule has 1 aromatic heterocycles. The number of alkyl halides is 3. The summed E-state index contributed by atoms with van der Waals surface area (Å²) >= 11 is 0. The van der Waals surface area contributed by atoms with Crippen LogP contribution in [0, 0.1) is 11.3 Å². The van der Waals surface area contributed by atoms with Crippen LogP contribution in [0.5, 0.6) is 11.6 Å². The number of hydrogen-bond donors (Lipinski definition) is 0. The Morgan fingerprint density at radius 1 is 1.23 bits per heavy atom. The van der Waals surface area contributed by atoms with Crippen molar-refractivity contribution in [2.24, 2.45) is 0 Å². The van der Waals surface area contributed by atoms with Crippen molar-refractivity contribution in [3.8, 4) is 28.8 Å². The minimum absolute atomic E-state index is 0.0896. The first-order valence-electron chi connectivity index (χ1n) is 6.19. The molecule has 1 heterocycles. The van der Waals surface area contributed by atoms with E-state index in [0.717, 1.165) is 0 Å². The summed E-state index contributed by atoms with van der Waals surface area (Å²) in [6.45, 7) is 0. The maximum Gasteiger partial charge on any atom is 0.573 e. The molecule has 2 aromatic rings. The van der Waals surface area contributed by atoms with Crippen LogP contribution in [0.15, 0.2) is 36.5 Å². The quantitative estimate of drug-likeness (QED) is 0.863. The summed E-state index contributed by atoms with van der Waals surface area (Å²) in [5.74, 6) is -0.205. The Morgan fingerprint density at radius 2 is 1.95 bits per heavy atom. The number of methoxy groups -OCH3 is 1. The van der Waals surface area contributed by atoms with Crippen LogP contribution in [0.3, 0.4) is 0 Å². The van der Waals surface area contributed by atoms with Crippen LogP contribution in [0.25, 0.3) is 11.1 Å². The molecular weight excluding hydrogens is 297 g/mol. The molecule has 0 unspecified atom stereocenters. The highest BCUT2D eigenvalue weighted by Gasteiger charge is 2.32. The Morgan fingerprint density at radius 3 is 2.59 bits per heavy atom. The number of ether oxygens (including phenoxy) is 2. The fourth-order valence-electron chi connectivity index (χ4n) is 1.94. The molecule has 2 rings (SSSR count). The van der Waals surface area contributed by atoms with Gasteiger partial charge in [0.15, 0.2) is 0 Å². The second kappa shape index (κ2) is 6.35. The van der Waals surface area contributed by atoms with Gasteiger partial charge in [0, 0.05) is 17.3 Å². The van der Waals surface area contributed by atoms with E-state index >= 15 is 0 Å². The van der Waals surface area contributed by atoms with Gasteiger partial charge in [-0.25, -0.2) is 4.98 Å². The Kier molecular flexibility index (Phi) is 4.51. The smallest absolute Gasteiger partial charge is 0.481 e. The van der Waals surface area contributed by atoms with Gasteiger partial charge in [-0.2, -0.15) is 5.26 Å². The molecule has 114 valence electrons. The summed E-state index contributed by atoms with van der Waals surface area (Å²) in [6.07, 6.45) is -3.27. The highest BCUT2D eigenvalue weighted by Crippen LogP contribution is 2.37. The highest BCUT2D eigenvalue weighted by molar-refractivity contribution is 5.75. The zero-order chi connectivity index (χ0) is 16.2. The second-order valence-corrected chi connectivity index (χ2v) is 4.28. The van der Waals surface area contributed by atoms with Gasteiger partial charge in [-0.3, -0.25) is 0 Å². The van der Waals surface area contributed by atoms with E-state index in [-0.39, 0.29) is 23.6 Å². The molecule has 0 atom stereocenters. The van der Waals surface area contributed by atoms with E-state index in [4.69, 9.17) is 10.00 Å². The van der Waals surface area contributed by atoms with Crippen LogP contribution in [0.4, 0.5) is 13.2 Å². The van der Waals surface area contributed by atoms with Crippen molar-refractivity contribution in [1.29, 1.82) is 5.26 Å². The number of pyridine rings is 1. The van der Waals surface area contributed by atoms with Crippen LogP contribution < -0.4 is 9.47 Å². The summed E-state index contributed by atoms with van der Waals surface area (Å²) in [6, 6.07) is 9.21. The lowest BCUT2D eigenvalue weighted by atomic mass is 10.0. The molecule has 0 spiro atoms. The number of halogens is 3. The van der Waals surface area contributed by atoms with Gasteiger partial charge in [0.25, 0.3) is 0 Å². The molecule has 0 radical (unpaired) electrons. The third-order valence-corrected chi connectivity index (χ3v) is 2.79. The number of benzene rings is 1. The summed E-state index contributed by atoms with van der Waals surface area (Å²) in [5, 5.41) is 8.73. The van der Waals surface area contributed by atoms with Gasteiger partial charge in [0.05, 0.1) is 19.6 Å². The molecule has 22 heavy (non-hydrogen) atoms. The van der Waals surface area contributed by atoms with E-state index in [0.29, 0.717) is 11.1 Å². The third-order valence-electron chi connectivity index (χ3n) is 2.79. The predicted molar refractivity (Wildman–Crippen MR) is 72.2 cm³/mol. The minimum Gasteiger partial charge on any atom is -0.481 e. The summed E-state index contributed by atoms with van der Waals surface area (Å²) in [7, 11) is 1.36. The van der Waals surface area contributed by atoms with E-state index in [2.05, 4.69) is 9.72 Å². The van der Waals surface area contributed by atoms with Gasteiger partial charge in [-0.1, -0.05) is 18.2 Å². The van der Waals surface area contributed by atoms with Gasteiger partial charge < -0.3 is 9.47 Å². The normalized spacial score (nSPS) is 10.9. The zero-order valence-corrected chi connectivity index (χ0v) is 11.5. The van der Waals surface area contributed by atoms with Crippen molar-refractivity contribution in [2.75, 3.05) is 7.11 Å². The molecule has 0 N–H and O–H groups in total. The molecule has 0 aliphatic heterocycles. The standard InChI is InChI=1S/C15H11F3N2O2/c1-21-14-12(8-10(6-7-19)9-20-14)11-4-2-3-5-13(11)22-15(16,17)18/h2-5,8-9H,6H2,1H3. The minimum atomic E-state index is -4.80. The largest absolute Gasteiger partial charge is 0.573 e.